The van der Waals surface area contributed by atoms with Crippen molar-refractivity contribution < 1.29 is 22.7 Å². The summed E-state index contributed by atoms with van der Waals surface area (Å²) in [5, 5.41) is 2.58. The number of ether oxygens (including phenoxy) is 1. The summed E-state index contributed by atoms with van der Waals surface area (Å²) in [7, 11) is 0. The van der Waals surface area contributed by atoms with Crippen molar-refractivity contribution in [2.24, 2.45) is 0 Å². The van der Waals surface area contributed by atoms with Crippen LogP contribution in [0.15, 0.2) is 48.8 Å². The van der Waals surface area contributed by atoms with Crippen molar-refractivity contribution >= 4 is 12.2 Å². The Morgan fingerprint density at radius 1 is 1.16 bits per heavy atom. The Bertz CT molecular complexity index is 701. The highest BCUT2D eigenvalue weighted by Gasteiger charge is 2.34. The number of alkyl carbamates (subject to hydrolysis) is 1. The average molecular weight is 351 g/mol. The summed E-state index contributed by atoms with van der Waals surface area (Å²) in [6.07, 6.45) is 0.867. The normalized spacial score (nSPS) is 11.5. The molecule has 2 aromatic rings. The summed E-state index contributed by atoms with van der Waals surface area (Å²) in [4.78, 5) is 18.0. The van der Waals surface area contributed by atoms with E-state index in [1.54, 1.807) is 12.2 Å². The van der Waals surface area contributed by atoms with E-state index in [9.17, 15) is 18.0 Å². The third-order valence-electron chi connectivity index (χ3n) is 3.03. The minimum Gasteiger partial charge on any atom is -0.445 e. The highest BCUT2D eigenvalue weighted by atomic mass is 19.4. The van der Waals surface area contributed by atoms with Gasteiger partial charge in [0.25, 0.3) is 0 Å². The number of amides is 1. The first-order chi connectivity index (χ1) is 11.9. The van der Waals surface area contributed by atoms with Crippen molar-refractivity contribution in [2.45, 2.75) is 19.2 Å². The van der Waals surface area contributed by atoms with E-state index in [4.69, 9.17) is 4.74 Å². The largest absolute Gasteiger partial charge is 0.451 e. The van der Waals surface area contributed by atoms with Gasteiger partial charge in [-0.05, 0) is 12.0 Å². The van der Waals surface area contributed by atoms with Gasteiger partial charge in [0.05, 0.1) is 0 Å². The summed E-state index contributed by atoms with van der Waals surface area (Å²) >= 11 is 0. The highest BCUT2D eigenvalue weighted by molar-refractivity contribution is 5.67. The number of nitrogens with one attached hydrogen (secondary N) is 1. The molecule has 0 fully saturated rings. The van der Waals surface area contributed by atoms with Crippen molar-refractivity contribution in [1.82, 2.24) is 15.3 Å². The lowest BCUT2D eigenvalue weighted by molar-refractivity contribution is -0.145. The Hall–Kier alpha value is -2.90. The summed E-state index contributed by atoms with van der Waals surface area (Å²) in [5.74, 6) is -1.17. The van der Waals surface area contributed by atoms with Gasteiger partial charge in [-0.15, -0.1) is 0 Å². The molecule has 0 aliphatic rings. The Labute approximate surface area is 142 Å². The number of aromatic nitrogens is 2. The number of alkyl halides is 3. The number of carbonyl (C=O) groups is 1. The van der Waals surface area contributed by atoms with Crippen LogP contribution >= 0.6 is 0 Å². The van der Waals surface area contributed by atoms with Gasteiger partial charge < -0.3 is 10.1 Å². The van der Waals surface area contributed by atoms with Gasteiger partial charge in [0.15, 0.2) is 0 Å². The van der Waals surface area contributed by atoms with Crippen molar-refractivity contribution in [3.8, 4) is 0 Å². The molecule has 0 bridgehead atoms. The quantitative estimate of drug-likeness (QED) is 0.804. The van der Waals surface area contributed by atoms with Crippen LogP contribution in [-0.2, 0) is 17.5 Å². The van der Waals surface area contributed by atoms with Crippen LogP contribution in [0.3, 0.4) is 0 Å². The summed E-state index contributed by atoms with van der Waals surface area (Å²) in [5.41, 5.74) is 1.33. The SMILES string of the molecule is O=C(NCCC=Cc1cnc(C(F)(F)F)nc1)OCc1ccccc1. The van der Waals surface area contributed by atoms with Crippen LogP contribution in [0.1, 0.15) is 23.4 Å². The molecule has 8 heteroatoms. The van der Waals surface area contributed by atoms with Crippen LogP contribution in [-0.4, -0.2) is 22.6 Å². The molecule has 0 aliphatic carbocycles. The lowest BCUT2D eigenvalue weighted by atomic mass is 10.2. The molecule has 132 valence electrons. The Morgan fingerprint density at radius 2 is 1.84 bits per heavy atom. The van der Waals surface area contributed by atoms with Crippen LogP contribution < -0.4 is 5.32 Å². The molecule has 1 heterocycles. The number of hydrogen-bond acceptors (Lipinski definition) is 4. The smallest absolute Gasteiger partial charge is 0.445 e. The first-order valence-corrected chi connectivity index (χ1v) is 7.45. The van der Waals surface area contributed by atoms with E-state index < -0.39 is 18.1 Å². The molecule has 1 aromatic heterocycles. The molecule has 0 radical (unpaired) electrons. The van der Waals surface area contributed by atoms with E-state index in [0.717, 1.165) is 18.0 Å². The van der Waals surface area contributed by atoms with Gasteiger partial charge in [-0.3, -0.25) is 0 Å². The lowest BCUT2D eigenvalue weighted by Crippen LogP contribution is -2.24. The number of nitrogens with zero attached hydrogens (tertiary/aromatic N) is 2. The number of benzene rings is 1. The lowest BCUT2D eigenvalue weighted by Gasteiger charge is -2.06. The molecule has 0 spiro atoms. The van der Waals surface area contributed by atoms with E-state index in [-0.39, 0.29) is 6.61 Å². The first-order valence-electron chi connectivity index (χ1n) is 7.45. The van der Waals surface area contributed by atoms with Crippen molar-refractivity contribution in [1.29, 1.82) is 0 Å². The molecule has 0 saturated heterocycles. The Balaban J connectivity index is 1.66. The van der Waals surface area contributed by atoms with Gasteiger partial charge >= 0.3 is 12.3 Å². The van der Waals surface area contributed by atoms with Gasteiger partial charge in [0.2, 0.25) is 5.82 Å². The fourth-order valence-electron chi connectivity index (χ4n) is 1.82. The van der Waals surface area contributed by atoms with E-state index >= 15 is 0 Å². The average Bonchev–Trinajstić information content (AvgIpc) is 2.60. The maximum atomic E-state index is 12.3. The zero-order valence-electron chi connectivity index (χ0n) is 13.2. The van der Waals surface area contributed by atoms with Crippen LogP contribution in [0, 0.1) is 0 Å². The maximum Gasteiger partial charge on any atom is 0.451 e. The zero-order chi connectivity index (χ0) is 18.1. The summed E-state index contributed by atoms with van der Waals surface area (Å²) < 4.78 is 42.0. The molecule has 1 amide bonds. The summed E-state index contributed by atoms with van der Waals surface area (Å²) in [6.45, 7) is 0.525. The predicted molar refractivity (Wildman–Crippen MR) is 85.3 cm³/mol. The topological polar surface area (TPSA) is 64.1 Å². The molecular weight excluding hydrogens is 335 g/mol. The maximum absolute atomic E-state index is 12.3. The van der Waals surface area contributed by atoms with E-state index in [0.29, 0.717) is 18.5 Å². The Kier molecular flexibility index (Phi) is 6.50. The van der Waals surface area contributed by atoms with E-state index in [2.05, 4.69) is 15.3 Å². The zero-order valence-corrected chi connectivity index (χ0v) is 13.2. The molecule has 0 saturated carbocycles. The van der Waals surface area contributed by atoms with Crippen LogP contribution in [0.5, 0.6) is 0 Å². The number of halogens is 3. The standard InChI is InChI=1S/C17H16F3N3O2/c18-17(19,20)15-22-10-14(11-23-15)8-4-5-9-21-16(24)25-12-13-6-2-1-3-7-13/h1-4,6-8,10-11H,5,9,12H2,(H,21,24). The number of carbonyl (C=O) groups excluding carboxylic acids is 1. The fourth-order valence-corrected chi connectivity index (χ4v) is 1.82. The second-order valence-electron chi connectivity index (χ2n) is 5.02. The molecule has 5 nitrogen and oxygen atoms in total. The molecule has 0 aliphatic heterocycles. The molecule has 0 atom stereocenters. The van der Waals surface area contributed by atoms with Crippen LogP contribution in [0.25, 0.3) is 6.08 Å². The fraction of sp³-hybridized carbons (Fsp3) is 0.235. The van der Waals surface area contributed by atoms with Crippen molar-refractivity contribution in [3.63, 3.8) is 0 Å². The van der Waals surface area contributed by atoms with Crippen molar-refractivity contribution in [2.75, 3.05) is 6.54 Å². The Morgan fingerprint density at radius 3 is 2.48 bits per heavy atom. The predicted octanol–water partition coefficient (Wildman–Crippen LogP) is 3.83. The van der Waals surface area contributed by atoms with E-state index in [1.807, 2.05) is 30.3 Å². The molecule has 25 heavy (non-hydrogen) atoms. The van der Waals surface area contributed by atoms with Gasteiger partial charge in [-0.25, -0.2) is 14.8 Å². The van der Waals surface area contributed by atoms with Gasteiger partial charge in [0.1, 0.15) is 6.61 Å². The molecule has 1 aromatic carbocycles. The summed E-state index contributed by atoms with van der Waals surface area (Å²) in [6, 6.07) is 9.28. The monoisotopic (exact) mass is 351 g/mol. The third-order valence-corrected chi connectivity index (χ3v) is 3.03. The second-order valence-corrected chi connectivity index (χ2v) is 5.02. The molecular formula is C17H16F3N3O2. The number of rotatable bonds is 6. The highest BCUT2D eigenvalue weighted by Crippen LogP contribution is 2.25. The van der Waals surface area contributed by atoms with Crippen LogP contribution in [0.2, 0.25) is 0 Å². The minimum atomic E-state index is -4.55. The minimum absolute atomic E-state index is 0.186. The molecule has 0 unspecified atom stereocenters. The van der Waals surface area contributed by atoms with Gasteiger partial charge in [-0.2, -0.15) is 13.2 Å². The molecule has 1 N–H and O–H groups in total. The first kappa shape index (κ1) is 18.4. The molecule has 2 rings (SSSR count). The van der Waals surface area contributed by atoms with Gasteiger partial charge in [-0.1, -0.05) is 42.5 Å². The second kappa shape index (κ2) is 8.81. The third kappa shape index (κ3) is 6.62. The van der Waals surface area contributed by atoms with Gasteiger partial charge in [0, 0.05) is 24.5 Å². The van der Waals surface area contributed by atoms with E-state index in [1.165, 1.54) is 0 Å². The number of hydrogen-bond donors (Lipinski definition) is 1. The van der Waals surface area contributed by atoms with Crippen molar-refractivity contribution in [3.05, 3.63) is 65.8 Å². The van der Waals surface area contributed by atoms with Crippen LogP contribution in [0.4, 0.5) is 18.0 Å².